The minimum atomic E-state index is -0.537. The molecule has 0 N–H and O–H groups in total. The van der Waals surface area contributed by atoms with Gasteiger partial charge in [-0.3, -0.25) is 0 Å². The molecular weight excluding hydrogens is 288 g/mol. The summed E-state index contributed by atoms with van der Waals surface area (Å²) in [5, 5.41) is 14.9. The molecule has 1 saturated heterocycles. The largest absolute Gasteiger partial charge is 0.444 e. The summed E-state index contributed by atoms with van der Waals surface area (Å²) in [5.41, 5.74) is -0.00939. The van der Waals surface area contributed by atoms with Gasteiger partial charge in [0.1, 0.15) is 5.60 Å². The second-order valence-electron chi connectivity index (χ2n) is 6.60. The van der Waals surface area contributed by atoms with E-state index in [4.69, 9.17) is 4.74 Å². The zero-order chi connectivity index (χ0) is 16.5. The van der Waals surface area contributed by atoms with Gasteiger partial charge in [0.25, 0.3) is 0 Å². The van der Waals surface area contributed by atoms with Crippen molar-refractivity contribution in [3.8, 4) is 0 Å². The van der Waals surface area contributed by atoms with E-state index in [0.29, 0.717) is 18.7 Å². The molecule has 1 unspecified atom stereocenters. The van der Waals surface area contributed by atoms with Gasteiger partial charge in [0.15, 0.2) is 0 Å². The van der Waals surface area contributed by atoms with Crippen LogP contribution in [0.3, 0.4) is 0 Å². The van der Waals surface area contributed by atoms with Gasteiger partial charge in [-0.15, -0.1) is 0 Å². The van der Waals surface area contributed by atoms with Crippen molar-refractivity contribution in [1.29, 1.82) is 0 Å². The smallest absolute Gasteiger partial charge is 0.410 e. The average Bonchev–Trinajstić information content (AvgIpc) is 2.79. The Kier molecular flexibility index (Phi) is 4.39. The molecule has 0 bridgehead atoms. The fraction of sp³-hybridized carbons (Fsp3) is 0.714. The first-order chi connectivity index (χ1) is 10.2. The van der Waals surface area contributed by atoms with Crippen molar-refractivity contribution < 1.29 is 14.5 Å². The first-order valence-electron chi connectivity index (χ1n) is 7.35. The monoisotopic (exact) mass is 310 g/mol. The van der Waals surface area contributed by atoms with E-state index in [-0.39, 0.29) is 18.0 Å². The molecule has 0 spiro atoms. The Labute approximate surface area is 129 Å². The maximum Gasteiger partial charge on any atom is 0.410 e. The standard InChI is InChI=1S/C14H22N4O4/c1-10-8-17(15-12(10)18(20)21)11-6-5-7-16(9-11)13(19)22-14(2,3)4/h8,11H,5-7,9H2,1-4H3. The van der Waals surface area contributed by atoms with Crippen LogP contribution in [0, 0.1) is 17.0 Å². The van der Waals surface area contributed by atoms with Gasteiger partial charge in [-0.2, -0.15) is 4.68 Å². The van der Waals surface area contributed by atoms with Gasteiger partial charge < -0.3 is 19.8 Å². The van der Waals surface area contributed by atoms with E-state index < -0.39 is 10.5 Å². The van der Waals surface area contributed by atoms with Crippen LogP contribution in [0.5, 0.6) is 0 Å². The summed E-state index contributed by atoms with van der Waals surface area (Å²) in [6.07, 6.45) is 2.96. The molecule has 0 saturated carbocycles. The highest BCUT2D eigenvalue weighted by Gasteiger charge is 2.31. The topological polar surface area (TPSA) is 90.5 Å². The number of rotatable bonds is 2. The molecule has 1 fully saturated rings. The van der Waals surface area contributed by atoms with Gasteiger partial charge in [-0.25, -0.2) is 4.79 Å². The third-order valence-electron chi connectivity index (χ3n) is 3.48. The van der Waals surface area contributed by atoms with Crippen molar-refractivity contribution in [2.75, 3.05) is 13.1 Å². The number of amides is 1. The second kappa shape index (κ2) is 5.94. The number of nitro groups is 1. The highest BCUT2D eigenvalue weighted by molar-refractivity contribution is 5.68. The molecule has 1 aliphatic heterocycles. The normalized spacial score (nSPS) is 19.1. The molecular formula is C14H22N4O4. The predicted molar refractivity (Wildman–Crippen MR) is 79.7 cm³/mol. The lowest BCUT2D eigenvalue weighted by Crippen LogP contribution is -2.43. The number of piperidine rings is 1. The number of nitrogens with zero attached hydrogens (tertiary/aromatic N) is 4. The molecule has 1 aliphatic rings. The van der Waals surface area contributed by atoms with Gasteiger partial charge in [0, 0.05) is 13.1 Å². The SMILES string of the molecule is Cc1cn(C2CCCN(C(=O)OC(C)(C)C)C2)nc1[N+](=O)[O-]. The predicted octanol–water partition coefficient (Wildman–Crippen LogP) is 2.67. The van der Waals surface area contributed by atoms with Gasteiger partial charge in [0.2, 0.25) is 0 Å². The summed E-state index contributed by atoms with van der Waals surface area (Å²) < 4.78 is 6.98. The van der Waals surface area contributed by atoms with E-state index in [1.54, 1.807) is 22.7 Å². The summed E-state index contributed by atoms with van der Waals surface area (Å²) in [5.74, 6) is -0.130. The molecule has 1 amide bonds. The first kappa shape index (κ1) is 16.3. The summed E-state index contributed by atoms with van der Waals surface area (Å²) in [4.78, 5) is 24.2. The van der Waals surface area contributed by atoms with Gasteiger partial charge in [-0.1, -0.05) is 0 Å². The molecule has 1 atom stereocenters. The van der Waals surface area contributed by atoms with E-state index >= 15 is 0 Å². The molecule has 1 aromatic rings. The Bertz CT molecular complexity index is 576. The van der Waals surface area contributed by atoms with Crippen molar-refractivity contribution in [3.63, 3.8) is 0 Å². The minimum absolute atomic E-state index is 0.0614. The summed E-state index contributed by atoms with van der Waals surface area (Å²) in [6, 6.07) is -0.0614. The van der Waals surface area contributed by atoms with Crippen LogP contribution in [0.1, 0.15) is 45.2 Å². The molecule has 1 aromatic heterocycles. The van der Waals surface area contributed by atoms with Crippen LogP contribution in [0.15, 0.2) is 6.20 Å². The number of aromatic nitrogens is 2. The zero-order valence-corrected chi connectivity index (χ0v) is 13.4. The van der Waals surface area contributed by atoms with Crippen LogP contribution in [0.25, 0.3) is 0 Å². The van der Waals surface area contributed by atoms with E-state index in [2.05, 4.69) is 5.10 Å². The fourth-order valence-corrected chi connectivity index (χ4v) is 2.50. The number of ether oxygens (including phenoxy) is 1. The third-order valence-corrected chi connectivity index (χ3v) is 3.48. The van der Waals surface area contributed by atoms with Crippen molar-refractivity contribution in [3.05, 3.63) is 21.9 Å². The van der Waals surface area contributed by atoms with E-state index in [0.717, 1.165) is 12.8 Å². The zero-order valence-electron chi connectivity index (χ0n) is 13.4. The Balaban J connectivity index is 2.09. The van der Waals surface area contributed by atoms with Crippen LogP contribution in [-0.2, 0) is 4.74 Å². The molecule has 22 heavy (non-hydrogen) atoms. The molecule has 8 heteroatoms. The molecule has 2 heterocycles. The van der Waals surface area contributed by atoms with Gasteiger partial charge in [-0.05, 0) is 45.5 Å². The van der Waals surface area contributed by atoms with Crippen LogP contribution in [-0.4, -0.2) is 44.4 Å². The Hall–Kier alpha value is -2.12. The van der Waals surface area contributed by atoms with Crippen LogP contribution in [0.2, 0.25) is 0 Å². The van der Waals surface area contributed by atoms with Crippen molar-refractivity contribution in [1.82, 2.24) is 14.7 Å². The van der Waals surface area contributed by atoms with E-state index in [1.165, 1.54) is 0 Å². The summed E-state index contributed by atoms with van der Waals surface area (Å²) in [7, 11) is 0. The second-order valence-corrected chi connectivity index (χ2v) is 6.60. The fourth-order valence-electron chi connectivity index (χ4n) is 2.50. The number of carbonyl (C=O) groups is 1. The van der Waals surface area contributed by atoms with Crippen molar-refractivity contribution in [2.24, 2.45) is 0 Å². The Morgan fingerprint density at radius 2 is 2.18 bits per heavy atom. The van der Waals surface area contributed by atoms with Crippen LogP contribution < -0.4 is 0 Å². The summed E-state index contributed by atoms with van der Waals surface area (Å²) >= 11 is 0. The first-order valence-corrected chi connectivity index (χ1v) is 7.35. The van der Waals surface area contributed by atoms with E-state index in [9.17, 15) is 14.9 Å². The Morgan fingerprint density at radius 1 is 1.50 bits per heavy atom. The van der Waals surface area contributed by atoms with Crippen LogP contribution >= 0.6 is 0 Å². The molecule has 8 nitrogen and oxygen atoms in total. The van der Waals surface area contributed by atoms with E-state index in [1.807, 2.05) is 20.8 Å². The lowest BCUT2D eigenvalue weighted by molar-refractivity contribution is -0.390. The molecule has 2 rings (SSSR count). The van der Waals surface area contributed by atoms with Crippen molar-refractivity contribution >= 4 is 11.9 Å². The molecule has 0 aliphatic carbocycles. The highest BCUT2D eigenvalue weighted by atomic mass is 16.6. The highest BCUT2D eigenvalue weighted by Crippen LogP contribution is 2.25. The van der Waals surface area contributed by atoms with Crippen LogP contribution in [0.4, 0.5) is 10.6 Å². The number of likely N-dealkylation sites (tertiary alicyclic amines) is 1. The Morgan fingerprint density at radius 3 is 2.73 bits per heavy atom. The van der Waals surface area contributed by atoms with Gasteiger partial charge in [0.05, 0.1) is 22.9 Å². The van der Waals surface area contributed by atoms with Gasteiger partial charge >= 0.3 is 11.9 Å². The average molecular weight is 310 g/mol. The minimum Gasteiger partial charge on any atom is -0.444 e. The molecule has 122 valence electrons. The molecule has 0 radical (unpaired) electrons. The quantitative estimate of drug-likeness (QED) is 0.618. The lowest BCUT2D eigenvalue weighted by Gasteiger charge is -2.33. The maximum atomic E-state index is 12.1. The third kappa shape index (κ3) is 3.75. The number of hydrogen-bond donors (Lipinski definition) is 0. The molecule has 0 aromatic carbocycles. The lowest BCUT2D eigenvalue weighted by atomic mass is 10.1. The maximum absolute atomic E-state index is 12.1. The number of hydrogen-bond acceptors (Lipinski definition) is 5. The number of aryl methyl sites for hydroxylation is 1. The summed E-state index contributed by atoms with van der Waals surface area (Å²) in [6.45, 7) is 8.22. The van der Waals surface area contributed by atoms with Crippen molar-refractivity contribution in [2.45, 2.75) is 52.2 Å². The number of carbonyl (C=O) groups excluding carboxylic acids is 1.